The molecule has 0 aromatic heterocycles. The van der Waals surface area contributed by atoms with Gasteiger partial charge in [-0.25, -0.2) is 13.1 Å². The number of benzene rings is 1. The zero-order valence-corrected chi connectivity index (χ0v) is 23.1. The van der Waals surface area contributed by atoms with Gasteiger partial charge >= 0.3 is 0 Å². The summed E-state index contributed by atoms with van der Waals surface area (Å²) >= 11 is 0. The normalized spacial score (nSPS) is 44.5. The molecule has 1 aromatic carbocycles. The van der Waals surface area contributed by atoms with Gasteiger partial charge in [-0.05, 0) is 25.5 Å². The largest absolute Gasteiger partial charge is 0.391 e. The fourth-order valence-electron chi connectivity index (χ4n) is 5.32. The number of aliphatic hydroxyl groups excluding tert-OH is 6. The number of ether oxygens (including phenoxy) is 4. The van der Waals surface area contributed by atoms with E-state index in [9.17, 15) is 39.1 Å². The highest BCUT2D eigenvalue weighted by Gasteiger charge is 2.53. The predicted octanol–water partition coefficient (Wildman–Crippen LogP) is -5.24. The second-order valence-electron chi connectivity index (χ2n) is 10.7. The van der Waals surface area contributed by atoms with E-state index >= 15 is 0 Å². The van der Waals surface area contributed by atoms with Crippen LogP contribution in [0.3, 0.4) is 0 Å². The van der Waals surface area contributed by atoms with E-state index < -0.39 is 102 Å². The highest BCUT2D eigenvalue weighted by atomic mass is 32.2. The lowest BCUT2D eigenvalue weighted by Gasteiger charge is -2.48. The second kappa shape index (κ2) is 13.1. The first kappa shape index (κ1) is 32.5. The van der Waals surface area contributed by atoms with Gasteiger partial charge in [-0.3, -0.25) is 0 Å². The topological polar surface area (TPSA) is 283 Å². The number of aliphatic hydroxyl groups is 6. The summed E-state index contributed by atoms with van der Waals surface area (Å²) in [4.78, 5) is -0.0571. The molecule has 0 spiro atoms. The third-order valence-electron chi connectivity index (χ3n) is 7.68. The van der Waals surface area contributed by atoms with Gasteiger partial charge in [0.05, 0.1) is 29.2 Å². The van der Waals surface area contributed by atoms with Gasteiger partial charge in [0.15, 0.2) is 12.6 Å². The van der Waals surface area contributed by atoms with Crippen molar-refractivity contribution in [1.29, 1.82) is 0 Å². The van der Waals surface area contributed by atoms with Crippen LogP contribution < -0.4 is 21.9 Å². The third-order valence-corrected chi connectivity index (χ3v) is 9.18. The van der Waals surface area contributed by atoms with Gasteiger partial charge in [0, 0.05) is 12.6 Å². The van der Waals surface area contributed by atoms with Crippen molar-refractivity contribution < 1.29 is 58.0 Å². The Labute approximate surface area is 237 Å². The summed E-state index contributed by atoms with van der Waals surface area (Å²) in [5, 5.41) is 62.9. The average molecular weight is 609 g/mol. The van der Waals surface area contributed by atoms with Crippen LogP contribution in [0.4, 0.5) is 0 Å². The van der Waals surface area contributed by atoms with E-state index in [1.165, 1.54) is 31.2 Å². The third kappa shape index (κ3) is 6.74. The lowest BCUT2D eigenvalue weighted by molar-refractivity contribution is -0.315. The van der Waals surface area contributed by atoms with Crippen LogP contribution in [0.15, 0.2) is 35.2 Å². The van der Waals surface area contributed by atoms with Crippen LogP contribution in [-0.4, -0.2) is 137 Å². The Kier molecular flexibility index (Phi) is 10.4. The molecule has 1 aliphatic carbocycles. The molecular formula is C24H40N4O12S. The number of hydrogen-bond donors (Lipinski definition) is 10. The Bertz CT molecular complexity index is 1100. The quantitative estimate of drug-likeness (QED) is 0.125. The molecule has 2 heterocycles. The van der Waals surface area contributed by atoms with Crippen LogP contribution in [0.25, 0.3) is 0 Å². The molecule has 3 aliphatic rings. The number of nitrogens with one attached hydrogen (secondary N) is 1. The Morgan fingerprint density at radius 3 is 2.15 bits per heavy atom. The van der Waals surface area contributed by atoms with Gasteiger partial charge in [0.2, 0.25) is 10.0 Å². The van der Waals surface area contributed by atoms with Crippen molar-refractivity contribution in [3.05, 3.63) is 30.3 Å². The van der Waals surface area contributed by atoms with Gasteiger partial charge in [0.25, 0.3) is 0 Å². The van der Waals surface area contributed by atoms with E-state index in [0.29, 0.717) is 0 Å². The summed E-state index contributed by atoms with van der Waals surface area (Å²) in [6, 6.07) is 3.87. The predicted molar refractivity (Wildman–Crippen MR) is 139 cm³/mol. The van der Waals surface area contributed by atoms with E-state index in [1.807, 2.05) is 0 Å². The Hall–Kier alpha value is -1.39. The number of hydrogen-bond acceptors (Lipinski definition) is 15. The first-order valence-electron chi connectivity index (χ1n) is 13.3. The highest BCUT2D eigenvalue weighted by Crippen LogP contribution is 2.33. The molecule has 17 heteroatoms. The van der Waals surface area contributed by atoms with Crippen LogP contribution in [0, 0.1) is 0 Å². The van der Waals surface area contributed by atoms with Gasteiger partial charge in [-0.2, -0.15) is 0 Å². The molecule has 13 N–H and O–H groups in total. The zero-order valence-electron chi connectivity index (χ0n) is 22.2. The fraction of sp³-hybridized carbons (Fsp3) is 0.750. The molecule has 15 atom stereocenters. The molecule has 1 saturated carbocycles. The van der Waals surface area contributed by atoms with Gasteiger partial charge in [-0.1, -0.05) is 18.2 Å². The van der Waals surface area contributed by atoms with Crippen LogP contribution >= 0.6 is 0 Å². The summed E-state index contributed by atoms with van der Waals surface area (Å²) in [5.41, 5.74) is 18.0. The van der Waals surface area contributed by atoms with Crippen LogP contribution in [0.5, 0.6) is 0 Å². The first-order chi connectivity index (χ1) is 19.3. The van der Waals surface area contributed by atoms with E-state index in [-0.39, 0.29) is 17.9 Å². The van der Waals surface area contributed by atoms with Crippen molar-refractivity contribution in [2.45, 2.75) is 110 Å². The summed E-state index contributed by atoms with van der Waals surface area (Å²) in [6.07, 6.45) is -17.2. The van der Waals surface area contributed by atoms with Crippen molar-refractivity contribution in [2.75, 3.05) is 6.54 Å². The van der Waals surface area contributed by atoms with Gasteiger partial charge < -0.3 is 66.8 Å². The first-order valence-corrected chi connectivity index (χ1v) is 14.7. The molecule has 0 radical (unpaired) electrons. The molecule has 41 heavy (non-hydrogen) atoms. The van der Waals surface area contributed by atoms with E-state index in [2.05, 4.69) is 4.72 Å². The SMILES string of the molecule is C[C@@H](O)C1O[C@H](O[C@@H]2C(N)C[C@@H](NS(=O)(=O)c3ccccc3)C(O)[C@H]2O[C@@H]2O[C@H](CN)C(O)C2O)C(N)C(O)[C@@H]1O. The molecule has 7 unspecified atom stereocenters. The summed E-state index contributed by atoms with van der Waals surface area (Å²) in [6.45, 7) is 1.17. The van der Waals surface area contributed by atoms with Crippen molar-refractivity contribution in [3.8, 4) is 0 Å². The number of rotatable bonds is 9. The van der Waals surface area contributed by atoms with E-state index in [4.69, 9.17) is 36.1 Å². The van der Waals surface area contributed by atoms with Crippen molar-refractivity contribution in [1.82, 2.24) is 4.72 Å². The maximum Gasteiger partial charge on any atom is 0.240 e. The maximum absolute atomic E-state index is 13.0. The molecule has 4 rings (SSSR count). The molecule has 0 amide bonds. The molecule has 2 saturated heterocycles. The summed E-state index contributed by atoms with van der Waals surface area (Å²) in [5.74, 6) is 0. The van der Waals surface area contributed by atoms with Crippen LogP contribution in [-0.2, 0) is 29.0 Å². The minimum Gasteiger partial charge on any atom is -0.391 e. The summed E-state index contributed by atoms with van der Waals surface area (Å²) < 4.78 is 51.5. The van der Waals surface area contributed by atoms with E-state index in [0.717, 1.165) is 0 Å². The van der Waals surface area contributed by atoms with Gasteiger partial charge in [0.1, 0.15) is 48.8 Å². The van der Waals surface area contributed by atoms with Crippen LogP contribution in [0.2, 0.25) is 0 Å². The summed E-state index contributed by atoms with van der Waals surface area (Å²) in [7, 11) is -4.12. The number of sulfonamides is 1. The molecule has 0 bridgehead atoms. The Balaban J connectivity index is 1.61. The smallest absolute Gasteiger partial charge is 0.240 e. The average Bonchev–Trinajstić information content (AvgIpc) is 3.21. The lowest BCUT2D eigenvalue weighted by Crippen LogP contribution is -2.69. The molecule has 234 valence electrons. The molecule has 16 nitrogen and oxygen atoms in total. The van der Waals surface area contributed by atoms with Crippen molar-refractivity contribution in [3.63, 3.8) is 0 Å². The molecule has 3 fully saturated rings. The Morgan fingerprint density at radius 1 is 0.927 bits per heavy atom. The zero-order chi connectivity index (χ0) is 30.2. The second-order valence-corrected chi connectivity index (χ2v) is 12.4. The number of nitrogens with two attached hydrogens (primary N) is 3. The minimum absolute atomic E-state index is 0.0571. The van der Waals surface area contributed by atoms with Crippen molar-refractivity contribution >= 4 is 10.0 Å². The molecule has 1 aromatic rings. The fourth-order valence-corrected chi connectivity index (χ4v) is 6.60. The molecule has 2 aliphatic heterocycles. The highest BCUT2D eigenvalue weighted by molar-refractivity contribution is 7.89. The maximum atomic E-state index is 13.0. The van der Waals surface area contributed by atoms with Crippen molar-refractivity contribution in [2.24, 2.45) is 17.2 Å². The monoisotopic (exact) mass is 608 g/mol. The minimum atomic E-state index is -4.12. The standard InChI is InChI=1S/C24H40N4O12S/c1-9(29)20-18(33)17(32)14(27)23(38-20)39-21-11(26)7-12(28-41(35,36)10-5-3-2-4-6-10)15(30)22(21)40-24-19(34)16(31)13(8-25)37-24/h2-6,9,11-24,28-34H,7-8,25-27H2,1H3/t9-,11?,12-,13-,14?,15?,16?,17?,18+,19?,20?,21-,22-,23-,24+/m1/s1. The lowest BCUT2D eigenvalue weighted by atomic mass is 9.84. The van der Waals surface area contributed by atoms with Crippen LogP contribution in [0.1, 0.15) is 13.3 Å². The Morgan fingerprint density at radius 2 is 1.56 bits per heavy atom. The van der Waals surface area contributed by atoms with Gasteiger partial charge in [-0.15, -0.1) is 0 Å². The molecular weight excluding hydrogens is 568 g/mol. The van der Waals surface area contributed by atoms with E-state index in [1.54, 1.807) is 6.07 Å².